The van der Waals surface area contributed by atoms with E-state index in [0.29, 0.717) is 0 Å². The highest BCUT2D eigenvalue weighted by molar-refractivity contribution is 6.00. The van der Waals surface area contributed by atoms with Crippen molar-refractivity contribution >= 4 is 11.9 Å². The predicted octanol–water partition coefficient (Wildman–Crippen LogP) is 2.87. The summed E-state index contributed by atoms with van der Waals surface area (Å²) in [6.07, 6.45) is 5.79. The highest BCUT2D eigenvalue weighted by atomic mass is 16.5. The Kier molecular flexibility index (Phi) is 9.19. The normalized spacial score (nSPS) is 10.2. The van der Waals surface area contributed by atoms with Gasteiger partial charge in [0, 0.05) is 12.8 Å². The maximum atomic E-state index is 12.0. The second-order valence-electron chi connectivity index (χ2n) is 4.55. The number of hydrogen-bond acceptors (Lipinski definition) is 4. The van der Waals surface area contributed by atoms with Crippen molar-refractivity contribution in [3.63, 3.8) is 0 Å². The first kappa shape index (κ1) is 18.2. The summed E-state index contributed by atoms with van der Waals surface area (Å²) in [4.78, 5) is 23.9. The van der Waals surface area contributed by atoms with Crippen molar-refractivity contribution < 1.29 is 19.1 Å². The topological polar surface area (TPSA) is 52.6 Å². The number of rotatable bonds is 8. The SMILES string of the molecule is C=CCC(CC#CCCCCC)(C(=O)OC)C(=O)OC. The Labute approximate surface area is 121 Å². The molecule has 112 valence electrons. The van der Waals surface area contributed by atoms with Gasteiger partial charge in [-0.2, -0.15) is 0 Å². The van der Waals surface area contributed by atoms with E-state index in [1.165, 1.54) is 20.3 Å². The van der Waals surface area contributed by atoms with Crippen LogP contribution in [0.1, 0.15) is 45.4 Å². The second kappa shape index (κ2) is 10.1. The van der Waals surface area contributed by atoms with Gasteiger partial charge in [0.25, 0.3) is 0 Å². The molecule has 0 rings (SSSR count). The largest absolute Gasteiger partial charge is 0.468 e. The van der Waals surface area contributed by atoms with E-state index in [4.69, 9.17) is 9.47 Å². The van der Waals surface area contributed by atoms with Crippen LogP contribution in [0.25, 0.3) is 0 Å². The van der Waals surface area contributed by atoms with Gasteiger partial charge < -0.3 is 9.47 Å². The molecule has 4 heteroatoms. The number of methoxy groups -OCH3 is 2. The van der Waals surface area contributed by atoms with Gasteiger partial charge in [0.2, 0.25) is 0 Å². The Balaban J connectivity index is 4.96. The first-order chi connectivity index (χ1) is 9.58. The third-order valence-electron chi connectivity index (χ3n) is 3.07. The number of carbonyl (C=O) groups excluding carboxylic acids is 2. The molecule has 0 saturated carbocycles. The fourth-order valence-corrected chi connectivity index (χ4v) is 1.87. The van der Waals surface area contributed by atoms with Crippen molar-refractivity contribution in [2.45, 2.75) is 45.4 Å². The van der Waals surface area contributed by atoms with Crippen molar-refractivity contribution in [3.05, 3.63) is 12.7 Å². The van der Waals surface area contributed by atoms with Crippen LogP contribution in [-0.2, 0) is 19.1 Å². The van der Waals surface area contributed by atoms with Gasteiger partial charge in [0.05, 0.1) is 14.2 Å². The van der Waals surface area contributed by atoms with E-state index >= 15 is 0 Å². The van der Waals surface area contributed by atoms with Crippen LogP contribution < -0.4 is 0 Å². The van der Waals surface area contributed by atoms with Crippen LogP contribution in [-0.4, -0.2) is 26.2 Å². The lowest BCUT2D eigenvalue weighted by atomic mass is 9.81. The monoisotopic (exact) mass is 280 g/mol. The molecule has 0 aromatic heterocycles. The molecule has 4 nitrogen and oxygen atoms in total. The number of carbonyl (C=O) groups is 2. The fourth-order valence-electron chi connectivity index (χ4n) is 1.87. The molecule has 0 unspecified atom stereocenters. The first-order valence-corrected chi connectivity index (χ1v) is 6.82. The molecular formula is C16H24O4. The Morgan fingerprint density at radius 2 is 1.75 bits per heavy atom. The van der Waals surface area contributed by atoms with Gasteiger partial charge in [-0.1, -0.05) is 25.8 Å². The Morgan fingerprint density at radius 1 is 1.15 bits per heavy atom. The molecule has 0 saturated heterocycles. The molecule has 0 spiro atoms. The molecule has 20 heavy (non-hydrogen) atoms. The molecule has 0 amide bonds. The maximum Gasteiger partial charge on any atom is 0.324 e. The molecule has 0 atom stereocenters. The average molecular weight is 280 g/mol. The minimum atomic E-state index is -1.40. The van der Waals surface area contributed by atoms with Crippen LogP contribution in [0, 0.1) is 17.3 Å². The molecule has 0 fully saturated rings. The molecule has 0 bridgehead atoms. The van der Waals surface area contributed by atoms with Crippen LogP contribution in [0.2, 0.25) is 0 Å². The minimum Gasteiger partial charge on any atom is -0.468 e. The lowest BCUT2D eigenvalue weighted by molar-refractivity contribution is -0.168. The highest BCUT2D eigenvalue weighted by Gasteiger charge is 2.46. The zero-order chi connectivity index (χ0) is 15.4. The second-order valence-corrected chi connectivity index (χ2v) is 4.55. The van der Waals surface area contributed by atoms with Crippen molar-refractivity contribution in [1.82, 2.24) is 0 Å². The Morgan fingerprint density at radius 3 is 2.20 bits per heavy atom. The lowest BCUT2D eigenvalue weighted by Gasteiger charge is -2.24. The fraction of sp³-hybridized carbons (Fsp3) is 0.625. The summed E-state index contributed by atoms with van der Waals surface area (Å²) < 4.78 is 9.46. The van der Waals surface area contributed by atoms with E-state index < -0.39 is 17.4 Å². The molecule has 0 aliphatic carbocycles. The molecule has 0 N–H and O–H groups in total. The summed E-state index contributed by atoms with van der Waals surface area (Å²) in [5, 5.41) is 0. The maximum absolute atomic E-state index is 12.0. The summed E-state index contributed by atoms with van der Waals surface area (Å²) in [5.41, 5.74) is -1.40. The summed E-state index contributed by atoms with van der Waals surface area (Å²) in [6, 6.07) is 0. The summed E-state index contributed by atoms with van der Waals surface area (Å²) in [6.45, 7) is 5.71. The standard InChI is InChI=1S/C16H24O4/c1-5-7-8-9-10-11-13-16(12-6-2,14(17)19-3)15(18)20-4/h6H,2,5,7-9,12-13H2,1,3-4H3. The van der Waals surface area contributed by atoms with E-state index in [1.54, 1.807) is 0 Å². The molecule has 0 aliphatic rings. The molecule has 0 aliphatic heterocycles. The van der Waals surface area contributed by atoms with E-state index in [1.807, 2.05) is 0 Å². The predicted molar refractivity (Wildman–Crippen MR) is 77.8 cm³/mol. The van der Waals surface area contributed by atoms with E-state index in [9.17, 15) is 9.59 Å². The lowest BCUT2D eigenvalue weighted by Crippen LogP contribution is -2.40. The van der Waals surface area contributed by atoms with E-state index in [2.05, 4.69) is 25.3 Å². The summed E-state index contributed by atoms with van der Waals surface area (Å²) in [5.74, 6) is 4.63. The third kappa shape index (κ3) is 5.08. The van der Waals surface area contributed by atoms with Gasteiger partial charge >= 0.3 is 11.9 Å². The number of esters is 2. The quantitative estimate of drug-likeness (QED) is 0.225. The van der Waals surface area contributed by atoms with Crippen LogP contribution in [0.15, 0.2) is 12.7 Å². The minimum absolute atomic E-state index is 0.0878. The third-order valence-corrected chi connectivity index (χ3v) is 3.07. The van der Waals surface area contributed by atoms with Gasteiger partial charge in [-0.3, -0.25) is 9.59 Å². The smallest absolute Gasteiger partial charge is 0.324 e. The van der Waals surface area contributed by atoms with Crippen molar-refractivity contribution in [1.29, 1.82) is 0 Å². The van der Waals surface area contributed by atoms with Crippen LogP contribution in [0.5, 0.6) is 0 Å². The van der Waals surface area contributed by atoms with Crippen molar-refractivity contribution in [3.8, 4) is 11.8 Å². The molecule has 0 heterocycles. The van der Waals surface area contributed by atoms with E-state index in [-0.39, 0.29) is 12.8 Å². The number of ether oxygens (including phenoxy) is 2. The number of allylic oxidation sites excluding steroid dienone is 1. The van der Waals surface area contributed by atoms with Gasteiger partial charge in [-0.25, -0.2) is 0 Å². The zero-order valence-corrected chi connectivity index (χ0v) is 12.7. The van der Waals surface area contributed by atoms with Crippen molar-refractivity contribution in [2.24, 2.45) is 5.41 Å². The molecule has 0 aromatic carbocycles. The molecule has 0 aromatic rings. The van der Waals surface area contributed by atoms with Gasteiger partial charge in [0.1, 0.15) is 0 Å². The first-order valence-electron chi connectivity index (χ1n) is 6.82. The number of unbranched alkanes of at least 4 members (excludes halogenated alkanes) is 3. The van der Waals surface area contributed by atoms with Gasteiger partial charge in [0.15, 0.2) is 5.41 Å². The molecule has 0 radical (unpaired) electrons. The summed E-state index contributed by atoms with van der Waals surface area (Å²) in [7, 11) is 2.50. The highest BCUT2D eigenvalue weighted by Crippen LogP contribution is 2.30. The van der Waals surface area contributed by atoms with Gasteiger partial charge in [-0.15, -0.1) is 18.4 Å². The Bertz CT molecular complexity index is 371. The van der Waals surface area contributed by atoms with E-state index in [0.717, 1.165) is 25.7 Å². The van der Waals surface area contributed by atoms with Crippen LogP contribution in [0.3, 0.4) is 0 Å². The Hall–Kier alpha value is -1.76. The van der Waals surface area contributed by atoms with Gasteiger partial charge in [-0.05, 0) is 12.8 Å². The van der Waals surface area contributed by atoms with Crippen LogP contribution >= 0.6 is 0 Å². The van der Waals surface area contributed by atoms with Crippen LogP contribution in [0.4, 0.5) is 0 Å². The molecular weight excluding hydrogens is 256 g/mol. The summed E-state index contributed by atoms with van der Waals surface area (Å²) >= 11 is 0. The zero-order valence-electron chi connectivity index (χ0n) is 12.7. The number of hydrogen-bond donors (Lipinski definition) is 0. The van der Waals surface area contributed by atoms with Crippen molar-refractivity contribution in [2.75, 3.05) is 14.2 Å². The average Bonchev–Trinajstić information content (AvgIpc) is 2.47.